The van der Waals surface area contributed by atoms with Gasteiger partial charge in [-0.1, -0.05) is 20.8 Å². The van der Waals surface area contributed by atoms with Crippen molar-refractivity contribution in [2.75, 3.05) is 39.9 Å². The van der Waals surface area contributed by atoms with Crippen LogP contribution >= 0.6 is 0 Å². The van der Waals surface area contributed by atoms with E-state index in [-0.39, 0.29) is 0 Å². The Kier molecular flexibility index (Phi) is 8.08. The second kappa shape index (κ2) is 9.01. The van der Waals surface area contributed by atoms with Crippen LogP contribution in [0, 0.1) is 11.3 Å². The van der Waals surface area contributed by atoms with Crippen LogP contribution in [-0.4, -0.2) is 50.8 Å². The predicted molar refractivity (Wildman–Crippen MR) is 87.2 cm³/mol. The molecule has 1 saturated carbocycles. The molecule has 3 heteroatoms. The van der Waals surface area contributed by atoms with Gasteiger partial charge in [-0.3, -0.25) is 0 Å². The molecule has 1 aliphatic carbocycles. The molecule has 0 bridgehead atoms. The van der Waals surface area contributed by atoms with Gasteiger partial charge in [0, 0.05) is 25.7 Å². The molecule has 0 heterocycles. The molecular formula is C17H36N2O. The Labute approximate surface area is 126 Å². The summed E-state index contributed by atoms with van der Waals surface area (Å²) in [5.41, 5.74) is 0.510. The predicted octanol–water partition coefficient (Wildman–Crippen LogP) is 3.15. The van der Waals surface area contributed by atoms with Crippen LogP contribution < -0.4 is 5.32 Å². The van der Waals surface area contributed by atoms with Gasteiger partial charge in [0.1, 0.15) is 0 Å². The van der Waals surface area contributed by atoms with Crippen molar-refractivity contribution in [3.8, 4) is 0 Å². The number of nitrogens with zero attached hydrogens (tertiary/aromatic N) is 1. The van der Waals surface area contributed by atoms with E-state index < -0.39 is 0 Å². The van der Waals surface area contributed by atoms with Gasteiger partial charge in [0.25, 0.3) is 0 Å². The first-order chi connectivity index (χ1) is 9.48. The first-order valence-corrected chi connectivity index (χ1v) is 8.48. The Morgan fingerprint density at radius 2 is 2.05 bits per heavy atom. The molecule has 1 N–H and O–H groups in total. The number of hydrogen-bond acceptors (Lipinski definition) is 3. The maximum Gasteiger partial charge on any atom is 0.0593 e. The summed E-state index contributed by atoms with van der Waals surface area (Å²) >= 11 is 0. The van der Waals surface area contributed by atoms with Gasteiger partial charge >= 0.3 is 0 Å². The number of ether oxygens (including phenoxy) is 1. The lowest BCUT2D eigenvalue weighted by Gasteiger charge is -2.42. The molecule has 0 aliphatic heterocycles. The molecular weight excluding hydrogens is 248 g/mol. The van der Waals surface area contributed by atoms with Crippen LogP contribution in [0.15, 0.2) is 0 Å². The van der Waals surface area contributed by atoms with E-state index in [1.54, 1.807) is 0 Å². The molecule has 120 valence electrons. The molecule has 1 rings (SSSR count). The van der Waals surface area contributed by atoms with Crippen LogP contribution in [0.25, 0.3) is 0 Å². The van der Waals surface area contributed by atoms with Crippen molar-refractivity contribution in [1.29, 1.82) is 0 Å². The van der Waals surface area contributed by atoms with E-state index in [1.807, 2.05) is 0 Å². The lowest BCUT2D eigenvalue weighted by Crippen LogP contribution is -2.47. The van der Waals surface area contributed by atoms with E-state index in [0.29, 0.717) is 11.5 Å². The maximum atomic E-state index is 5.47. The molecule has 0 saturated heterocycles. The van der Waals surface area contributed by atoms with Crippen LogP contribution in [0.4, 0.5) is 0 Å². The molecule has 0 aromatic rings. The van der Waals surface area contributed by atoms with Crippen molar-refractivity contribution in [2.45, 2.75) is 59.4 Å². The first kappa shape index (κ1) is 17.9. The first-order valence-electron chi connectivity index (χ1n) is 8.48. The zero-order valence-electron chi connectivity index (χ0n) is 14.4. The maximum absolute atomic E-state index is 5.47. The topological polar surface area (TPSA) is 24.5 Å². The highest BCUT2D eigenvalue weighted by Crippen LogP contribution is 2.39. The zero-order valence-corrected chi connectivity index (χ0v) is 14.4. The molecule has 0 radical (unpaired) electrons. The summed E-state index contributed by atoms with van der Waals surface area (Å²) in [4.78, 5) is 2.45. The molecule has 2 atom stereocenters. The monoisotopic (exact) mass is 284 g/mol. The second-order valence-corrected chi connectivity index (χ2v) is 7.19. The molecule has 1 aliphatic rings. The Morgan fingerprint density at radius 1 is 1.30 bits per heavy atom. The molecule has 0 aromatic heterocycles. The minimum atomic E-state index is 0.510. The molecule has 1 fully saturated rings. The summed E-state index contributed by atoms with van der Waals surface area (Å²) in [5.74, 6) is 0.775. The van der Waals surface area contributed by atoms with Gasteiger partial charge in [0.2, 0.25) is 0 Å². The van der Waals surface area contributed by atoms with E-state index in [1.165, 1.54) is 32.2 Å². The lowest BCUT2D eigenvalue weighted by molar-refractivity contribution is 0.0846. The minimum absolute atomic E-state index is 0.510. The van der Waals surface area contributed by atoms with Gasteiger partial charge in [-0.2, -0.15) is 0 Å². The molecule has 0 amide bonds. The number of hydrogen-bond donors (Lipinski definition) is 1. The minimum Gasteiger partial charge on any atom is -0.380 e. The summed E-state index contributed by atoms with van der Waals surface area (Å²) in [7, 11) is 2.23. The summed E-state index contributed by atoms with van der Waals surface area (Å²) in [6.07, 6.45) is 5.25. The Bertz CT molecular complexity index is 255. The molecule has 3 nitrogen and oxygen atoms in total. The van der Waals surface area contributed by atoms with Gasteiger partial charge in [-0.15, -0.1) is 0 Å². The van der Waals surface area contributed by atoms with E-state index in [4.69, 9.17) is 4.74 Å². The Hall–Kier alpha value is -0.120. The fourth-order valence-corrected chi connectivity index (χ4v) is 3.38. The molecule has 0 spiro atoms. The third-order valence-corrected chi connectivity index (χ3v) is 4.54. The van der Waals surface area contributed by atoms with Gasteiger partial charge in [-0.05, 0) is 57.5 Å². The van der Waals surface area contributed by atoms with Gasteiger partial charge < -0.3 is 15.0 Å². The fraction of sp³-hybridized carbons (Fsp3) is 1.00. The van der Waals surface area contributed by atoms with Gasteiger partial charge in [-0.25, -0.2) is 0 Å². The highest BCUT2D eigenvalue weighted by molar-refractivity contribution is 4.90. The Morgan fingerprint density at radius 3 is 2.70 bits per heavy atom. The van der Waals surface area contributed by atoms with Gasteiger partial charge in [0.15, 0.2) is 0 Å². The quantitative estimate of drug-likeness (QED) is 0.658. The van der Waals surface area contributed by atoms with Crippen LogP contribution in [0.1, 0.15) is 53.4 Å². The SMILES string of the molecule is CCCNC1CCC(C)(C)CC1CN(C)CCOCC. The standard InChI is InChI=1S/C17H36N2O/c1-6-10-18-16-8-9-17(3,4)13-15(16)14-19(5)11-12-20-7-2/h15-16,18H,6-14H2,1-5H3. The molecule has 0 aromatic carbocycles. The van der Waals surface area contributed by atoms with Gasteiger partial charge in [0.05, 0.1) is 6.61 Å². The number of nitrogens with one attached hydrogen (secondary N) is 1. The third kappa shape index (κ3) is 6.55. The van der Waals surface area contributed by atoms with Crippen LogP contribution in [0.2, 0.25) is 0 Å². The summed E-state index contributed by atoms with van der Waals surface area (Å²) in [6.45, 7) is 14.2. The van der Waals surface area contributed by atoms with Crippen molar-refractivity contribution in [2.24, 2.45) is 11.3 Å². The fourth-order valence-electron chi connectivity index (χ4n) is 3.38. The number of likely N-dealkylation sites (N-methyl/N-ethyl adjacent to an activating group) is 1. The lowest BCUT2D eigenvalue weighted by atomic mass is 9.69. The van der Waals surface area contributed by atoms with Crippen molar-refractivity contribution in [1.82, 2.24) is 10.2 Å². The van der Waals surface area contributed by atoms with Crippen molar-refractivity contribution < 1.29 is 4.74 Å². The van der Waals surface area contributed by atoms with Crippen LogP contribution in [0.5, 0.6) is 0 Å². The van der Waals surface area contributed by atoms with E-state index >= 15 is 0 Å². The van der Waals surface area contributed by atoms with E-state index in [2.05, 4.69) is 45.0 Å². The Balaban J connectivity index is 2.46. The zero-order chi connectivity index (χ0) is 15.0. The largest absolute Gasteiger partial charge is 0.380 e. The summed E-state index contributed by atoms with van der Waals surface area (Å²) in [6, 6.07) is 0.706. The highest BCUT2D eigenvalue weighted by atomic mass is 16.5. The number of rotatable bonds is 9. The summed E-state index contributed by atoms with van der Waals surface area (Å²) < 4.78 is 5.47. The second-order valence-electron chi connectivity index (χ2n) is 7.19. The van der Waals surface area contributed by atoms with Crippen LogP contribution in [0.3, 0.4) is 0 Å². The van der Waals surface area contributed by atoms with Crippen molar-refractivity contribution in [3.63, 3.8) is 0 Å². The smallest absolute Gasteiger partial charge is 0.0593 e. The van der Waals surface area contributed by atoms with Crippen molar-refractivity contribution in [3.05, 3.63) is 0 Å². The van der Waals surface area contributed by atoms with Crippen LogP contribution in [-0.2, 0) is 4.74 Å². The average molecular weight is 284 g/mol. The normalized spacial score (nSPS) is 26.1. The van der Waals surface area contributed by atoms with Crippen molar-refractivity contribution >= 4 is 0 Å². The third-order valence-electron chi connectivity index (χ3n) is 4.54. The average Bonchev–Trinajstić information content (AvgIpc) is 2.37. The van der Waals surface area contributed by atoms with E-state index in [9.17, 15) is 0 Å². The molecule has 2 unspecified atom stereocenters. The summed E-state index contributed by atoms with van der Waals surface area (Å²) in [5, 5.41) is 3.77. The van der Waals surface area contributed by atoms with E-state index in [0.717, 1.165) is 32.2 Å². The molecule has 20 heavy (non-hydrogen) atoms. The highest BCUT2D eigenvalue weighted by Gasteiger charge is 2.34.